The Balaban J connectivity index is 2.47. The van der Waals surface area contributed by atoms with E-state index in [9.17, 15) is 0 Å². The van der Waals surface area contributed by atoms with Crippen molar-refractivity contribution in [3.63, 3.8) is 0 Å². The number of rotatable bonds is 2. The predicted octanol–water partition coefficient (Wildman–Crippen LogP) is 2.53. The predicted molar refractivity (Wildman–Crippen MR) is 40.0 cm³/mol. The van der Waals surface area contributed by atoms with Crippen LogP contribution in [0.3, 0.4) is 0 Å². The van der Waals surface area contributed by atoms with Crippen LogP contribution in [0.1, 0.15) is 32.6 Å². The Kier molecular flexibility index (Phi) is 2.04. The van der Waals surface area contributed by atoms with Crippen LogP contribution >= 0.6 is 0 Å². The number of nitrogens with one attached hydrogen (secondary N) is 1. The first-order valence-corrected chi connectivity index (χ1v) is 3.61. The van der Waals surface area contributed by atoms with Crippen molar-refractivity contribution in [2.45, 2.75) is 32.6 Å². The van der Waals surface area contributed by atoms with Crippen molar-refractivity contribution in [2.75, 3.05) is 0 Å². The van der Waals surface area contributed by atoms with Crippen LogP contribution in [0.25, 0.3) is 0 Å². The highest BCUT2D eigenvalue weighted by Gasteiger charge is 2.08. The lowest BCUT2D eigenvalue weighted by Gasteiger charge is -1.96. The molecule has 0 fully saturated rings. The SMILES string of the molecule is CCCC1=CCCC1=N. The Hall–Kier alpha value is -0.590. The standard InChI is InChI=1S/C8H13N/c1-2-4-7-5-3-6-8(7)9/h5,9H,2-4,6H2,1H3. The van der Waals surface area contributed by atoms with Crippen molar-refractivity contribution >= 4 is 5.71 Å². The third kappa shape index (κ3) is 1.41. The number of allylic oxidation sites excluding steroid dienone is 2. The van der Waals surface area contributed by atoms with E-state index in [0.29, 0.717) is 0 Å². The second kappa shape index (κ2) is 2.81. The highest BCUT2D eigenvalue weighted by atomic mass is 14.4. The van der Waals surface area contributed by atoms with Gasteiger partial charge in [0.15, 0.2) is 0 Å². The van der Waals surface area contributed by atoms with Crippen LogP contribution in [-0.2, 0) is 0 Å². The molecule has 0 aromatic heterocycles. The van der Waals surface area contributed by atoms with Gasteiger partial charge in [-0.25, -0.2) is 0 Å². The van der Waals surface area contributed by atoms with Crippen LogP contribution in [0, 0.1) is 5.41 Å². The first-order chi connectivity index (χ1) is 4.34. The fourth-order valence-electron chi connectivity index (χ4n) is 1.20. The second-order valence-electron chi connectivity index (χ2n) is 2.50. The third-order valence-corrected chi connectivity index (χ3v) is 1.69. The maximum absolute atomic E-state index is 7.44. The topological polar surface area (TPSA) is 23.9 Å². The molecular weight excluding hydrogens is 110 g/mol. The van der Waals surface area contributed by atoms with Crippen molar-refractivity contribution in [1.29, 1.82) is 5.41 Å². The van der Waals surface area contributed by atoms with Crippen molar-refractivity contribution < 1.29 is 0 Å². The molecule has 0 aromatic rings. The summed E-state index contributed by atoms with van der Waals surface area (Å²) in [6, 6.07) is 0. The van der Waals surface area contributed by atoms with E-state index in [1.165, 1.54) is 12.0 Å². The zero-order chi connectivity index (χ0) is 6.69. The molecule has 1 rings (SSSR count). The van der Waals surface area contributed by atoms with Crippen LogP contribution in [-0.4, -0.2) is 5.71 Å². The molecule has 0 saturated carbocycles. The average molecular weight is 123 g/mol. The van der Waals surface area contributed by atoms with Gasteiger partial charge < -0.3 is 5.41 Å². The fraction of sp³-hybridized carbons (Fsp3) is 0.625. The smallest absolute Gasteiger partial charge is 0.0345 e. The number of hydrogen-bond acceptors (Lipinski definition) is 1. The highest BCUT2D eigenvalue weighted by molar-refractivity contribution is 5.99. The van der Waals surface area contributed by atoms with E-state index < -0.39 is 0 Å². The molecule has 1 aliphatic rings. The van der Waals surface area contributed by atoms with Gasteiger partial charge in [-0.1, -0.05) is 19.4 Å². The van der Waals surface area contributed by atoms with Crippen molar-refractivity contribution in [1.82, 2.24) is 0 Å². The van der Waals surface area contributed by atoms with Gasteiger partial charge in [0.1, 0.15) is 0 Å². The van der Waals surface area contributed by atoms with Gasteiger partial charge in [0.2, 0.25) is 0 Å². The van der Waals surface area contributed by atoms with Crippen molar-refractivity contribution in [3.8, 4) is 0 Å². The van der Waals surface area contributed by atoms with Gasteiger partial charge in [0.25, 0.3) is 0 Å². The first-order valence-electron chi connectivity index (χ1n) is 3.61. The van der Waals surface area contributed by atoms with Gasteiger partial charge in [-0.15, -0.1) is 0 Å². The summed E-state index contributed by atoms with van der Waals surface area (Å²) in [6.45, 7) is 2.16. The lowest BCUT2D eigenvalue weighted by Crippen LogP contribution is -1.92. The van der Waals surface area contributed by atoms with Crippen LogP contribution < -0.4 is 0 Å². The summed E-state index contributed by atoms with van der Waals surface area (Å²) in [5.41, 5.74) is 2.16. The van der Waals surface area contributed by atoms with E-state index in [2.05, 4.69) is 13.0 Å². The molecule has 1 aliphatic carbocycles. The molecule has 0 bridgehead atoms. The Morgan fingerprint density at radius 2 is 2.44 bits per heavy atom. The second-order valence-corrected chi connectivity index (χ2v) is 2.50. The minimum atomic E-state index is 0.872. The number of hydrogen-bond donors (Lipinski definition) is 1. The van der Waals surface area contributed by atoms with Gasteiger partial charge in [-0.05, 0) is 24.8 Å². The lowest BCUT2D eigenvalue weighted by atomic mass is 10.1. The molecule has 1 heteroatoms. The Morgan fingerprint density at radius 3 is 2.89 bits per heavy atom. The Morgan fingerprint density at radius 1 is 1.67 bits per heavy atom. The summed E-state index contributed by atoms with van der Waals surface area (Å²) in [4.78, 5) is 0. The molecule has 0 unspecified atom stereocenters. The maximum atomic E-state index is 7.44. The summed E-state index contributed by atoms with van der Waals surface area (Å²) >= 11 is 0. The molecule has 9 heavy (non-hydrogen) atoms. The van der Waals surface area contributed by atoms with Crippen molar-refractivity contribution in [2.24, 2.45) is 0 Å². The van der Waals surface area contributed by atoms with Crippen LogP contribution in [0.15, 0.2) is 11.6 Å². The maximum Gasteiger partial charge on any atom is 0.0345 e. The van der Waals surface area contributed by atoms with Gasteiger partial charge in [0, 0.05) is 5.71 Å². The first kappa shape index (κ1) is 6.53. The quantitative estimate of drug-likeness (QED) is 0.583. The van der Waals surface area contributed by atoms with Gasteiger partial charge in [-0.3, -0.25) is 0 Å². The molecule has 0 atom stereocenters. The molecular formula is C8H13N. The van der Waals surface area contributed by atoms with Crippen LogP contribution in [0.5, 0.6) is 0 Å². The normalized spacial score (nSPS) is 18.3. The summed E-state index contributed by atoms with van der Waals surface area (Å²) in [5, 5.41) is 7.44. The van der Waals surface area contributed by atoms with E-state index in [1.54, 1.807) is 0 Å². The van der Waals surface area contributed by atoms with E-state index in [-0.39, 0.29) is 0 Å². The molecule has 0 radical (unpaired) electrons. The zero-order valence-corrected chi connectivity index (χ0v) is 5.91. The Bertz CT molecular complexity index is 145. The average Bonchev–Trinajstić information content (AvgIpc) is 2.18. The minimum Gasteiger partial charge on any atom is -0.305 e. The monoisotopic (exact) mass is 123 g/mol. The molecule has 0 aliphatic heterocycles. The summed E-state index contributed by atoms with van der Waals surface area (Å²) in [5.74, 6) is 0. The van der Waals surface area contributed by atoms with E-state index >= 15 is 0 Å². The molecule has 1 N–H and O–H groups in total. The lowest BCUT2D eigenvalue weighted by molar-refractivity contribution is 0.935. The largest absolute Gasteiger partial charge is 0.305 e. The van der Waals surface area contributed by atoms with Crippen LogP contribution in [0.4, 0.5) is 0 Å². The van der Waals surface area contributed by atoms with Crippen LogP contribution in [0.2, 0.25) is 0 Å². The van der Waals surface area contributed by atoms with E-state index in [4.69, 9.17) is 5.41 Å². The molecule has 0 aromatic carbocycles. The summed E-state index contributed by atoms with van der Waals surface area (Å²) < 4.78 is 0. The van der Waals surface area contributed by atoms with E-state index in [1.807, 2.05) is 0 Å². The molecule has 0 spiro atoms. The third-order valence-electron chi connectivity index (χ3n) is 1.69. The minimum absolute atomic E-state index is 0.872. The summed E-state index contributed by atoms with van der Waals surface area (Å²) in [7, 11) is 0. The molecule has 0 amide bonds. The van der Waals surface area contributed by atoms with Gasteiger partial charge in [-0.2, -0.15) is 0 Å². The molecule has 1 nitrogen and oxygen atoms in total. The molecule has 0 saturated heterocycles. The zero-order valence-electron chi connectivity index (χ0n) is 5.91. The van der Waals surface area contributed by atoms with E-state index in [0.717, 1.165) is 25.0 Å². The van der Waals surface area contributed by atoms with Crippen molar-refractivity contribution in [3.05, 3.63) is 11.6 Å². The van der Waals surface area contributed by atoms with Gasteiger partial charge in [0.05, 0.1) is 0 Å². The molecule has 0 heterocycles. The highest BCUT2D eigenvalue weighted by Crippen LogP contribution is 2.17. The van der Waals surface area contributed by atoms with Gasteiger partial charge >= 0.3 is 0 Å². The summed E-state index contributed by atoms with van der Waals surface area (Å²) in [6.07, 6.45) is 6.57. The fourth-order valence-corrected chi connectivity index (χ4v) is 1.20. The Labute approximate surface area is 56.3 Å². The molecule has 50 valence electrons.